The lowest BCUT2D eigenvalue weighted by atomic mass is 10.0. The summed E-state index contributed by atoms with van der Waals surface area (Å²) < 4.78 is 5.15. The van der Waals surface area contributed by atoms with Gasteiger partial charge in [0.05, 0.1) is 7.11 Å². The minimum absolute atomic E-state index is 0.752. The van der Waals surface area contributed by atoms with Gasteiger partial charge in [-0.3, -0.25) is 0 Å². The van der Waals surface area contributed by atoms with Crippen LogP contribution in [0.5, 0.6) is 5.75 Å². The minimum Gasteiger partial charge on any atom is -0.497 e. The van der Waals surface area contributed by atoms with Crippen molar-refractivity contribution in [2.24, 2.45) is 0 Å². The molecular weight excluding hydrogens is 300 g/mol. The molecule has 3 heteroatoms. The number of methoxy groups -OCH3 is 1. The van der Waals surface area contributed by atoms with E-state index in [2.05, 4.69) is 43.5 Å². The number of benzene rings is 2. The van der Waals surface area contributed by atoms with Crippen LogP contribution >= 0.6 is 23.4 Å². The zero-order valence-electron chi connectivity index (χ0n) is 12.5. The molecule has 1 nitrogen and oxygen atoms in total. The first-order valence-electron chi connectivity index (χ1n) is 6.78. The van der Waals surface area contributed by atoms with E-state index >= 15 is 0 Å². The molecule has 0 N–H and O–H groups in total. The van der Waals surface area contributed by atoms with Gasteiger partial charge >= 0.3 is 0 Å². The smallest absolute Gasteiger partial charge is 0.120 e. The quantitative estimate of drug-likeness (QED) is 0.682. The van der Waals surface area contributed by atoms with Gasteiger partial charge < -0.3 is 4.74 Å². The summed E-state index contributed by atoms with van der Waals surface area (Å²) in [5.74, 6) is 1.64. The lowest BCUT2D eigenvalue weighted by Crippen LogP contribution is -1.86. The van der Waals surface area contributed by atoms with E-state index in [4.69, 9.17) is 16.3 Å². The van der Waals surface area contributed by atoms with Crippen molar-refractivity contribution >= 4 is 29.4 Å². The fourth-order valence-electron chi connectivity index (χ4n) is 1.99. The van der Waals surface area contributed by atoms with Crippen LogP contribution in [0, 0.1) is 13.8 Å². The highest BCUT2D eigenvalue weighted by atomic mass is 35.5. The first-order valence-corrected chi connectivity index (χ1v) is 8.21. The number of hydrogen-bond donors (Lipinski definition) is 0. The zero-order valence-corrected chi connectivity index (χ0v) is 14.1. The molecule has 2 rings (SSSR count). The molecule has 2 aromatic rings. The lowest BCUT2D eigenvalue weighted by Gasteiger charge is -2.05. The molecule has 110 valence electrons. The first-order chi connectivity index (χ1) is 10.1. The Kier molecular flexibility index (Phi) is 5.77. The molecule has 0 radical (unpaired) electrons. The van der Waals surface area contributed by atoms with Crippen LogP contribution in [-0.2, 0) is 5.75 Å². The van der Waals surface area contributed by atoms with Gasteiger partial charge in [-0.05, 0) is 59.7 Å². The summed E-state index contributed by atoms with van der Waals surface area (Å²) in [4.78, 5) is 0. The maximum absolute atomic E-state index is 6.23. The summed E-state index contributed by atoms with van der Waals surface area (Å²) in [7, 11) is 1.65. The number of halogens is 1. The monoisotopic (exact) mass is 318 g/mol. The van der Waals surface area contributed by atoms with Crippen LogP contribution in [0.3, 0.4) is 0 Å². The van der Waals surface area contributed by atoms with Crippen molar-refractivity contribution in [3.8, 4) is 5.75 Å². The highest BCUT2D eigenvalue weighted by molar-refractivity contribution is 8.01. The number of ether oxygens (including phenoxy) is 1. The van der Waals surface area contributed by atoms with Crippen LogP contribution in [0.1, 0.15) is 22.3 Å². The average molecular weight is 319 g/mol. The van der Waals surface area contributed by atoms with Crippen LogP contribution in [0.25, 0.3) is 6.08 Å². The van der Waals surface area contributed by atoms with Crippen LogP contribution in [0.2, 0.25) is 5.02 Å². The summed E-state index contributed by atoms with van der Waals surface area (Å²) in [6, 6.07) is 12.2. The summed E-state index contributed by atoms with van der Waals surface area (Å²) in [6.45, 7) is 4.29. The summed E-state index contributed by atoms with van der Waals surface area (Å²) in [5, 5.41) is 2.88. The van der Waals surface area contributed by atoms with Crippen LogP contribution in [0.15, 0.2) is 41.8 Å². The molecule has 0 spiro atoms. The Labute approximate surface area is 136 Å². The Hall–Kier alpha value is -1.38. The average Bonchev–Trinajstić information content (AvgIpc) is 2.49. The molecule has 0 aliphatic rings. The second-order valence-electron chi connectivity index (χ2n) is 4.86. The SMILES string of the molecule is COc1ccc(CSC=Cc2cccc(C)c2C)c(Cl)c1. The van der Waals surface area contributed by atoms with E-state index in [1.54, 1.807) is 18.9 Å². The van der Waals surface area contributed by atoms with Crippen LogP contribution in [0.4, 0.5) is 0 Å². The van der Waals surface area contributed by atoms with E-state index in [0.717, 1.165) is 22.1 Å². The third-order valence-corrected chi connectivity index (χ3v) is 4.65. The van der Waals surface area contributed by atoms with Crippen molar-refractivity contribution < 1.29 is 4.74 Å². The molecule has 0 amide bonds. The van der Waals surface area contributed by atoms with E-state index in [9.17, 15) is 0 Å². The van der Waals surface area contributed by atoms with Gasteiger partial charge in [0.15, 0.2) is 0 Å². The van der Waals surface area contributed by atoms with E-state index < -0.39 is 0 Å². The molecule has 2 aromatic carbocycles. The molecule has 0 atom stereocenters. The molecule has 0 aromatic heterocycles. The minimum atomic E-state index is 0.752. The number of aryl methyl sites for hydroxylation is 1. The summed E-state index contributed by atoms with van der Waals surface area (Å²) in [5.41, 5.74) is 5.04. The second-order valence-corrected chi connectivity index (χ2v) is 6.16. The molecule has 0 saturated carbocycles. The van der Waals surface area contributed by atoms with Crippen molar-refractivity contribution in [1.82, 2.24) is 0 Å². The Bertz CT molecular complexity index is 650. The third-order valence-electron chi connectivity index (χ3n) is 3.49. The molecule has 0 fully saturated rings. The predicted molar refractivity (Wildman–Crippen MR) is 94.2 cm³/mol. The maximum Gasteiger partial charge on any atom is 0.120 e. The molecule has 0 aliphatic heterocycles. The molecular formula is C18H19ClOS. The largest absolute Gasteiger partial charge is 0.497 e. The van der Waals surface area contributed by atoms with Crippen molar-refractivity contribution in [3.63, 3.8) is 0 Å². The fourth-order valence-corrected chi connectivity index (χ4v) is 3.07. The molecule has 0 aliphatic carbocycles. The highest BCUT2D eigenvalue weighted by Crippen LogP contribution is 2.26. The normalized spacial score (nSPS) is 11.0. The van der Waals surface area contributed by atoms with Gasteiger partial charge in [-0.2, -0.15) is 0 Å². The molecule has 0 heterocycles. The van der Waals surface area contributed by atoms with Crippen molar-refractivity contribution in [1.29, 1.82) is 0 Å². The lowest BCUT2D eigenvalue weighted by molar-refractivity contribution is 0.414. The first kappa shape index (κ1) is 16.0. The zero-order chi connectivity index (χ0) is 15.2. The summed E-state index contributed by atoms with van der Waals surface area (Å²) >= 11 is 7.97. The number of hydrogen-bond acceptors (Lipinski definition) is 2. The summed E-state index contributed by atoms with van der Waals surface area (Å²) in [6.07, 6.45) is 2.16. The third kappa shape index (κ3) is 4.29. The molecule has 0 unspecified atom stereocenters. The molecule has 0 saturated heterocycles. The topological polar surface area (TPSA) is 9.23 Å². The molecule has 0 bridgehead atoms. The van der Waals surface area contributed by atoms with Gasteiger partial charge in [-0.1, -0.05) is 35.9 Å². The van der Waals surface area contributed by atoms with E-state index in [-0.39, 0.29) is 0 Å². The highest BCUT2D eigenvalue weighted by Gasteiger charge is 2.02. The van der Waals surface area contributed by atoms with Gasteiger partial charge in [0, 0.05) is 10.8 Å². The van der Waals surface area contributed by atoms with Gasteiger partial charge in [-0.15, -0.1) is 11.8 Å². The van der Waals surface area contributed by atoms with Gasteiger partial charge in [-0.25, -0.2) is 0 Å². The Morgan fingerprint density at radius 3 is 2.71 bits per heavy atom. The number of rotatable bonds is 5. The van der Waals surface area contributed by atoms with E-state index in [0.29, 0.717) is 0 Å². The Balaban J connectivity index is 1.98. The van der Waals surface area contributed by atoms with E-state index in [1.165, 1.54) is 16.7 Å². The van der Waals surface area contributed by atoms with Crippen molar-refractivity contribution in [3.05, 3.63) is 69.1 Å². The van der Waals surface area contributed by atoms with Crippen molar-refractivity contribution in [2.45, 2.75) is 19.6 Å². The molecule has 21 heavy (non-hydrogen) atoms. The van der Waals surface area contributed by atoms with Crippen LogP contribution in [-0.4, -0.2) is 7.11 Å². The fraction of sp³-hybridized carbons (Fsp3) is 0.222. The van der Waals surface area contributed by atoms with Crippen molar-refractivity contribution in [2.75, 3.05) is 7.11 Å². The van der Waals surface area contributed by atoms with Gasteiger partial charge in [0.2, 0.25) is 0 Å². The Morgan fingerprint density at radius 1 is 1.19 bits per heavy atom. The standard InChI is InChI=1S/C18H19ClOS/c1-13-5-4-6-15(14(13)2)9-10-21-12-16-7-8-17(20-3)11-18(16)19/h4-11H,12H2,1-3H3. The maximum atomic E-state index is 6.23. The van der Waals surface area contributed by atoms with Crippen LogP contribution < -0.4 is 4.74 Å². The van der Waals surface area contributed by atoms with Gasteiger partial charge in [0.25, 0.3) is 0 Å². The second kappa shape index (κ2) is 7.58. The predicted octanol–water partition coefficient (Wildman–Crippen LogP) is 5.87. The number of thioether (sulfide) groups is 1. The Morgan fingerprint density at radius 2 is 2.00 bits per heavy atom. The van der Waals surface area contributed by atoms with Gasteiger partial charge in [0.1, 0.15) is 5.75 Å². The van der Waals surface area contributed by atoms with E-state index in [1.807, 2.05) is 18.2 Å².